The van der Waals surface area contributed by atoms with Crippen LogP contribution < -0.4 is 5.32 Å². The zero-order valence-corrected chi connectivity index (χ0v) is 18.3. The summed E-state index contributed by atoms with van der Waals surface area (Å²) in [5.41, 5.74) is 2.04. The molecule has 5 heteroatoms. The summed E-state index contributed by atoms with van der Waals surface area (Å²) in [5, 5.41) is 3.63. The molecule has 0 aromatic heterocycles. The minimum absolute atomic E-state index is 0.0465. The Morgan fingerprint density at radius 2 is 1.66 bits per heavy atom. The monoisotopic (exact) mass is 414 g/mol. The number of halogens is 1. The molecule has 0 aliphatic heterocycles. The summed E-state index contributed by atoms with van der Waals surface area (Å²) in [5.74, 6) is 0.229. The van der Waals surface area contributed by atoms with Crippen molar-refractivity contribution in [2.45, 2.75) is 46.1 Å². The number of hydrogen-bond acceptors (Lipinski definition) is 2. The smallest absolute Gasteiger partial charge is 0.242 e. The predicted octanol–water partition coefficient (Wildman–Crippen LogP) is 4.50. The highest BCUT2D eigenvalue weighted by Gasteiger charge is 2.28. The molecule has 156 valence electrons. The average Bonchev–Trinajstić information content (AvgIpc) is 2.71. The van der Waals surface area contributed by atoms with Gasteiger partial charge in [-0.05, 0) is 42.0 Å². The van der Waals surface area contributed by atoms with E-state index in [0.29, 0.717) is 36.9 Å². The van der Waals surface area contributed by atoms with Crippen molar-refractivity contribution < 1.29 is 9.59 Å². The summed E-state index contributed by atoms with van der Waals surface area (Å²) in [7, 11) is 0. The molecule has 0 spiro atoms. The molecule has 1 N–H and O–H groups in total. The van der Waals surface area contributed by atoms with Crippen LogP contribution in [0, 0.1) is 5.92 Å². The van der Waals surface area contributed by atoms with Crippen LogP contribution >= 0.6 is 11.6 Å². The molecule has 2 amide bonds. The topological polar surface area (TPSA) is 49.4 Å². The average molecular weight is 415 g/mol. The van der Waals surface area contributed by atoms with Crippen LogP contribution in [0.3, 0.4) is 0 Å². The van der Waals surface area contributed by atoms with Crippen LogP contribution in [-0.2, 0) is 22.4 Å². The van der Waals surface area contributed by atoms with E-state index >= 15 is 0 Å². The zero-order valence-electron chi connectivity index (χ0n) is 17.5. The summed E-state index contributed by atoms with van der Waals surface area (Å²) in [6, 6.07) is 16.8. The summed E-state index contributed by atoms with van der Waals surface area (Å²) in [4.78, 5) is 27.7. The van der Waals surface area contributed by atoms with Gasteiger partial charge in [0.1, 0.15) is 6.04 Å². The molecule has 2 aromatic rings. The van der Waals surface area contributed by atoms with E-state index in [0.717, 1.165) is 11.1 Å². The molecular formula is C24H31ClN2O2. The minimum atomic E-state index is -0.475. The molecule has 1 atom stereocenters. The number of carbonyl (C=O) groups excluding carboxylic acids is 2. The van der Waals surface area contributed by atoms with Crippen LogP contribution in [0.1, 0.15) is 38.3 Å². The van der Waals surface area contributed by atoms with Gasteiger partial charge in [-0.2, -0.15) is 0 Å². The van der Waals surface area contributed by atoms with Crippen LogP contribution in [0.5, 0.6) is 0 Å². The summed E-state index contributed by atoms with van der Waals surface area (Å²) >= 11 is 5.95. The van der Waals surface area contributed by atoms with Gasteiger partial charge in [-0.1, -0.05) is 74.8 Å². The molecule has 0 aliphatic carbocycles. The van der Waals surface area contributed by atoms with Gasteiger partial charge in [0.25, 0.3) is 0 Å². The molecule has 0 saturated carbocycles. The highest BCUT2D eigenvalue weighted by Crippen LogP contribution is 2.14. The molecule has 0 aliphatic rings. The third kappa shape index (κ3) is 7.54. The van der Waals surface area contributed by atoms with Crippen LogP contribution in [0.25, 0.3) is 0 Å². The van der Waals surface area contributed by atoms with Crippen LogP contribution in [-0.4, -0.2) is 35.8 Å². The van der Waals surface area contributed by atoms with Gasteiger partial charge in [0.05, 0.1) is 6.42 Å². The van der Waals surface area contributed by atoms with Gasteiger partial charge in [-0.3, -0.25) is 9.59 Å². The molecule has 0 radical (unpaired) electrons. The second-order valence-corrected chi connectivity index (χ2v) is 8.13. The summed E-state index contributed by atoms with van der Waals surface area (Å²) in [6.45, 7) is 7.17. The van der Waals surface area contributed by atoms with Crippen molar-refractivity contribution in [2.24, 2.45) is 5.92 Å². The third-order valence-electron chi connectivity index (χ3n) is 4.82. The first-order chi connectivity index (χ1) is 13.9. The quantitative estimate of drug-likeness (QED) is 0.622. The van der Waals surface area contributed by atoms with Crippen molar-refractivity contribution in [3.05, 3.63) is 70.7 Å². The molecule has 0 fully saturated rings. The van der Waals surface area contributed by atoms with E-state index in [4.69, 9.17) is 11.6 Å². The zero-order chi connectivity index (χ0) is 21.2. The molecule has 29 heavy (non-hydrogen) atoms. The van der Waals surface area contributed by atoms with Gasteiger partial charge in [0.2, 0.25) is 11.8 Å². The Balaban J connectivity index is 2.16. The highest BCUT2D eigenvalue weighted by atomic mass is 35.5. The largest absolute Gasteiger partial charge is 0.354 e. The molecule has 2 aromatic carbocycles. The molecule has 0 saturated heterocycles. The fraction of sp³-hybridized carbons (Fsp3) is 0.417. The first kappa shape index (κ1) is 23.0. The van der Waals surface area contributed by atoms with Gasteiger partial charge in [0.15, 0.2) is 0 Å². The Kier molecular flexibility index (Phi) is 9.20. The molecule has 1 unspecified atom stereocenters. The van der Waals surface area contributed by atoms with E-state index in [1.807, 2.05) is 49.4 Å². The Morgan fingerprint density at radius 1 is 1.00 bits per heavy atom. The van der Waals surface area contributed by atoms with Crippen molar-refractivity contribution in [3.8, 4) is 0 Å². The number of hydrogen-bond donors (Lipinski definition) is 1. The fourth-order valence-corrected chi connectivity index (χ4v) is 3.32. The van der Waals surface area contributed by atoms with E-state index in [2.05, 4.69) is 19.2 Å². The maximum Gasteiger partial charge on any atom is 0.242 e. The normalized spacial score (nSPS) is 11.9. The number of benzene rings is 2. The van der Waals surface area contributed by atoms with Crippen molar-refractivity contribution in [2.75, 3.05) is 13.1 Å². The lowest BCUT2D eigenvalue weighted by Gasteiger charge is -2.31. The maximum atomic E-state index is 13.2. The number of nitrogens with zero attached hydrogens (tertiary/aromatic N) is 1. The lowest BCUT2D eigenvalue weighted by molar-refractivity contribution is -0.140. The number of nitrogens with one attached hydrogen (secondary N) is 1. The van der Waals surface area contributed by atoms with Gasteiger partial charge >= 0.3 is 0 Å². The standard InChI is InChI=1S/C24H31ClN2O2/c1-4-22(24(29)26-17-18(2)3)27(15-14-19-8-6-5-7-9-19)23(28)16-20-10-12-21(25)13-11-20/h5-13,18,22H,4,14-17H2,1-3H3,(H,26,29). The van der Waals surface area contributed by atoms with Gasteiger partial charge in [-0.15, -0.1) is 0 Å². The van der Waals surface area contributed by atoms with Crippen LogP contribution in [0.2, 0.25) is 5.02 Å². The van der Waals surface area contributed by atoms with E-state index < -0.39 is 6.04 Å². The van der Waals surface area contributed by atoms with E-state index in [1.54, 1.807) is 17.0 Å². The van der Waals surface area contributed by atoms with Crippen molar-refractivity contribution in [1.29, 1.82) is 0 Å². The van der Waals surface area contributed by atoms with Gasteiger partial charge in [0, 0.05) is 18.1 Å². The maximum absolute atomic E-state index is 13.2. The molecular weight excluding hydrogens is 384 g/mol. The van der Waals surface area contributed by atoms with Gasteiger partial charge in [-0.25, -0.2) is 0 Å². The third-order valence-corrected chi connectivity index (χ3v) is 5.08. The van der Waals surface area contributed by atoms with Crippen LogP contribution in [0.4, 0.5) is 0 Å². The summed E-state index contributed by atoms with van der Waals surface area (Å²) < 4.78 is 0. The second kappa shape index (κ2) is 11.6. The molecule has 2 rings (SSSR count). The first-order valence-electron chi connectivity index (χ1n) is 10.3. The van der Waals surface area contributed by atoms with E-state index in [9.17, 15) is 9.59 Å². The number of amides is 2. The predicted molar refractivity (Wildman–Crippen MR) is 119 cm³/mol. The molecule has 4 nitrogen and oxygen atoms in total. The Labute approximate surface area is 179 Å². The van der Waals surface area contributed by atoms with Crippen molar-refractivity contribution in [1.82, 2.24) is 10.2 Å². The Morgan fingerprint density at radius 3 is 2.24 bits per heavy atom. The van der Waals surface area contributed by atoms with Gasteiger partial charge < -0.3 is 10.2 Å². The molecule has 0 heterocycles. The highest BCUT2D eigenvalue weighted by molar-refractivity contribution is 6.30. The Bertz CT molecular complexity index is 775. The van der Waals surface area contributed by atoms with Crippen molar-refractivity contribution >= 4 is 23.4 Å². The fourth-order valence-electron chi connectivity index (χ4n) is 3.20. The number of carbonyl (C=O) groups is 2. The van der Waals surface area contributed by atoms with E-state index in [1.165, 1.54) is 0 Å². The first-order valence-corrected chi connectivity index (χ1v) is 10.6. The Hall–Kier alpha value is -2.33. The van der Waals surface area contributed by atoms with E-state index in [-0.39, 0.29) is 18.2 Å². The number of rotatable bonds is 10. The SMILES string of the molecule is CCC(C(=O)NCC(C)C)N(CCc1ccccc1)C(=O)Cc1ccc(Cl)cc1. The second-order valence-electron chi connectivity index (χ2n) is 7.69. The summed E-state index contributed by atoms with van der Waals surface area (Å²) in [6.07, 6.45) is 1.53. The lowest BCUT2D eigenvalue weighted by Crippen LogP contribution is -2.51. The van der Waals surface area contributed by atoms with Crippen LogP contribution in [0.15, 0.2) is 54.6 Å². The molecule has 0 bridgehead atoms. The van der Waals surface area contributed by atoms with Crippen molar-refractivity contribution in [3.63, 3.8) is 0 Å². The lowest BCUT2D eigenvalue weighted by atomic mass is 10.1. The minimum Gasteiger partial charge on any atom is -0.354 e.